The van der Waals surface area contributed by atoms with E-state index in [1.165, 1.54) is 12.4 Å². The number of aromatic nitrogens is 1. The van der Waals surface area contributed by atoms with Crippen LogP contribution in [0.5, 0.6) is 0 Å². The fraction of sp³-hybridized carbons (Fsp3) is 0.467. The van der Waals surface area contributed by atoms with E-state index in [1.807, 2.05) is 45.9 Å². The minimum atomic E-state index is -0.495. The monoisotopic (exact) mass is 278 g/mol. The molecule has 0 fully saturated rings. The van der Waals surface area contributed by atoms with Crippen molar-refractivity contribution in [1.29, 1.82) is 0 Å². The summed E-state index contributed by atoms with van der Waals surface area (Å²) in [7, 11) is 0. The number of ether oxygens (including phenoxy) is 1. The van der Waals surface area contributed by atoms with Gasteiger partial charge in [-0.3, -0.25) is 0 Å². The van der Waals surface area contributed by atoms with Gasteiger partial charge in [0.1, 0.15) is 5.60 Å². The maximum atomic E-state index is 11.5. The number of hydrogen-bond acceptors (Lipinski definition) is 3. The Morgan fingerprint density at radius 1 is 1.55 bits per heavy atom. The first kappa shape index (κ1) is 16.0. The number of nitrogens with zero attached hydrogens (tertiary/aromatic N) is 1. The Hall–Kier alpha value is -2.04. The molecule has 5 nitrogen and oxygen atoms in total. The Bertz CT molecular complexity index is 478. The van der Waals surface area contributed by atoms with E-state index in [4.69, 9.17) is 4.74 Å². The molecular weight excluding hydrogens is 256 g/mol. The molecule has 1 amide bonds. The Morgan fingerprint density at radius 2 is 2.25 bits per heavy atom. The van der Waals surface area contributed by atoms with E-state index >= 15 is 0 Å². The van der Waals surface area contributed by atoms with E-state index in [9.17, 15) is 10.0 Å². The van der Waals surface area contributed by atoms with E-state index in [1.54, 1.807) is 6.07 Å². The summed E-state index contributed by atoms with van der Waals surface area (Å²) < 4.78 is 5.92. The zero-order valence-electron chi connectivity index (χ0n) is 12.4. The molecule has 1 rings (SSSR count). The minimum absolute atomic E-state index is 0.0378. The maximum absolute atomic E-state index is 11.5. The average molecular weight is 278 g/mol. The van der Waals surface area contributed by atoms with E-state index in [-0.39, 0.29) is 6.04 Å². The van der Waals surface area contributed by atoms with Crippen LogP contribution in [0.3, 0.4) is 0 Å². The van der Waals surface area contributed by atoms with Crippen molar-refractivity contribution in [3.05, 3.63) is 41.4 Å². The second kappa shape index (κ2) is 6.93. The van der Waals surface area contributed by atoms with Gasteiger partial charge in [0.15, 0.2) is 12.4 Å². The van der Waals surface area contributed by atoms with E-state index < -0.39 is 11.7 Å². The fourth-order valence-electron chi connectivity index (χ4n) is 1.55. The van der Waals surface area contributed by atoms with Crippen LogP contribution in [0.2, 0.25) is 0 Å². The molecule has 0 saturated carbocycles. The molecule has 1 aromatic rings. The van der Waals surface area contributed by atoms with Crippen molar-refractivity contribution in [3.8, 4) is 0 Å². The third-order valence-corrected chi connectivity index (χ3v) is 2.36. The number of carbonyl (C=O) groups excluding carboxylic acids is 1. The van der Waals surface area contributed by atoms with Crippen molar-refractivity contribution in [1.82, 2.24) is 5.32 Å². The van der Waals surface area contributed by atoms with Gasteiger partial charge in [-0.2, -0.15) is 4.73 Å². The first-order valence-electron chi connectivity index (χ1n) is 6.61. The molecule has 20 heavy (non-hydrogen) atoms. The van der Waals surface area contributed by atoms with Crippen molar-refractivity contribution >= 4 is 12.2 Å². The van der Waals surface area contributed by atoms with Crippen molar-refractivity contribution in [2.45, 2.75) is 45.8 Å². The number of nitrogens with one attached hydrogen (secondary N) is 1. The highest BCUT2D eigenvalue weighted by atomic mass is 16.6. The molecular formula is C15H22N2O3. The maximum Gasteiger partial charge on any atom is 0.407 e. The lowest BCUT2D eigenvalue weighted by Crippen LogP contribution is -2.37. The molecule has 0 radical (unpaired) electrons. The summed E-state index contributed by atoms with van der Waals surface area (Å²) in [5.41, 5.74) is 0.331. The Morgan fingerprint density at radius 3 is 2.85 bits per heavy atom. The molecule has 1 unspecified atom stereocenters. The van der Waals surface area contributed by atoms with Crippen LogP contribution in [0.25, 0.3) is 6.08 Å². The van der Waals surface area contributed by atoms with Gasteiger partial charge in [-0.05, 0) is 40.2 Å². The van der Waals surface area contributed by atoms with E-state index in [2.05, 4.69) is 5.32 Å². The lowest BCUT2D eigenvalue weighted by molar-refractivity contribution is -0.605. The normalized spacial score (nSPS) is 13.2. The fourth-order valence-corrected chi connectivity index (χ4v) is 1.55. The number of alkyl carbamates (subject to hydrolysis) is 1. The van der Waals surface area contributed by atoms with E-state index in [0.29, 0.717) is 6.42 Å². The third-order valence-electron chi connectivity index (χ3n) is 2.36. The molecule has 0 aliphatic heterocycles. The quantitative estimate of drug-likeness (QED) is 0.680. The number of hydrogen-bond donors (Lipinski definition) is 1. The number of rotatable bonds is 4. The van der Waals surface area contributed by atoms with Gasteiger partial charge >= 0.3 is 6.09 Å². The topological polar surface area (TPSA) is 65.3 Å². The molecule has 0 aliphatic rings. The van der Waals surface area contributed by atoms with Gasteiger partial charge in [-0.15, -0.1) is 0 Å². The molecule has 0 saturated heterocycles. The first-order chi connectivity index (χ1) is 9.26. The van der Waals surface area contributed by atoms with Gasteiger partial charge in [0.2, 0.25) is 0 Å². The standard InChI is InChI=1S/C15H22N2O3/c1-12(16-14(18)20-15(2,3)4)7-5-8-13-9-6-10-17(19)11-13/h5-6,8-12H,7H2,1-4H3,(H,16,18). The number of pyridine rings is 1. The molecule has 5 heteroatoms. The summed E-state index contributed by atoms with van der Waals surface area (Å²) in [5.74, 6) is 0. The predicted molar refractivity (Wildman–Crippen MR) is 77.9 cm³/mol. The SMILES string of the molecule is CC(CC=Cc1ccc[n+]([O-])c1)NC(=O)OC(C)(C)C. The van der Waals surface area contributed by atoms with Gasteiger partial charge in [-0.1, -0.05) is 12.2 Å². The first-order valence-corrected chi connectivity index (χ1v) is 6.61. The second-order valence-corrected chi connectivity index (χ2v) is 5.68. The van der Waals surface area contributed by atoms with Crippen molar-refractivity contribution in [2.24, 2.45) is 0 Å². The van der Waals surface area contributed by atoms with E-state index in [0.717, 1.165) is 10.3 Å². The van der Waals surface area contributed by atoms with Crippen LogP contribution in [0.1, 0.15) is 39.7 Å². The van der Waals surface area contributed by atoms with Gasteiger partial charge in [0.25, 0.3) is 0 Å². The third kappa shape index (κ3) is 6.78. The van der Waals surface area contributed by atoms with Crippen LogP contribution in [0.4, 0.5) is 4.79 Å². The molecule has 0 aromatic carbocycles. The summed E-state index contributed by atoms with van der Waals surface area (Å²) in [6.45, 7) is 7.37. The van der Waals surface area contributed by atoms with Crippen molar-refractivity contribution in [2.75, 3.05) is 0 Å². The van der Waals surface area contributed by atoms with Crippen LogP contribution in [-0.4, -0.2) is 17.7 Å². The van der Waals surface area contributed by atoms with Crippen LogP contribution in [0, 0.1) is 5.21 Å². The van der Waals surface area contributed by atoms with Crippen molar-refractivity contribution in [3.63, 3.8) is 0 Å². The highest BCUT2D eigenvalue weighted by molar-refractivity contribution is 5.68. The summed E-state index contributed by atoms with van der Waals surface area (Å²) >= 11 is 0. The molecule has 1 N–H and O–H groups in total. The van der Waals surface area contributed by atoms with Crippen LogP contribution in [0.15, 0.2) is 30.6 Å². The van der Waals surface area contributed by atoms with Gasteiger partial charge in [-0.25, -0.2) is 4.79 Å². The van der Waals surface area contributed by atoms with Gasteiger partial charge in [0, 0.05) is 17.7 Å². The molecule has 1 heterocycles. The number of amides is 1. The summed E-state index contributed by atoms with van der Waals surface area (Å²) in [4.78, 5) is 11.5. The lowest BCUT2D eigenvalue weighted by atomic mass is 10.2. The lowest BCUT2D eigenvalue weighted by Gasteiger charge is -2.21. The highest BCUT2D eigenvalue weighted by Gasteiger charge is 2.17. The second-order valence-electron chi connectivity index (χ2n) is 5.68. The zero-order valence-corrected chi connectivity index (χ0v) is 12.4. The molecule has 0 aliphatic carbocycles. The smallest absolute Gasteiger partial charge is 0.407 e. The van der Waals surface area contributed by atoms with Gasteiger partial charge < -0.3 is 15.3 Å². The average Bonchev–Trinajstić information content (AvgIpc) is 2.25. The molecule has 1 atom stereocenters. The molecule has 0 spiro atoms. The summed E-state index contributed by atoms with van der Waals surface area (Å²) in [6.07, 6.45) is 6.92. The summed E-state index contributed by atoms with van der Waals surface area (Å²) in [6, 6.07) is 3.50. The van der Waals surface area contributed by atoms with Crippen LogP contribution >= 0.6 is 0 Å². The van der Waals surface area contributed by atoms with Gasteiger partial charge in [0.05, 0.1) is 0 Å². The highest BCUT2D eigenvalue weighted by Crippen LogP contribution is 2.07. The number of carbonyl (C=O) groups is 1. The Balaban J connectivity index is 2.40. The zero-order chi connectivity index (χ0) is 15.2. The van der Waals surface area contributed by atoms with Crippen LogP contribution in [-0.2, 0) is 4.74 Å². The minimum Gasteiger partial charge on any atom is -0.619 e. The predicted octanol–water partition coefficient (Wildman–Crippen LogP) is 2.64. The van der Waals surface area contributed by atoms with Crippen molar-refractivity contribution < 1.29 is 14.3 Å². The Labute approximate surface area is 119 Å². The molecule has 0 bridgehead atoms. The Kier molecular flexibility index (Phi) is 5.55. The molecule has 1 aromatic heterocycles. The molecule has 110 valence electrons. The van der Waals surface area contributed by atoms with Crippen LogP contribution < -0.4 is 10.0 Å². The largest absolute Gasteiger partial charge is 0.619 e. The summed E-state index contributed by atoms with van der Waals surface area (Å²) in [5, 5.41) is 13.8.